The molecular formula is C20H20N6O3. The van der Waals surface area contributed by atoms with Crippen molar-refractivity contribution in [2.45, 2.75) is 18.8 Å². The topological polar surface area (TPSA) is 109 Å². The number of benzene rings is 1. The molecule has 1 aromatic carbocycles. The summed E-state index contributed by atoms with van der Waals surface area (Å²) in [5.41, 5.74) is 3.96. The number of carbonyl (C=O) groups is 1. The third-order valence-corrected chi connectivity index (χ3v) is 5.74. The van der Waals surface area contributed by atoms with Crippen LogP contribution in [0.15, 0.2) is 41.3 Å². The van der Waals surface area contributed by atoms with E-state index < -0.39 is 6.09 Å². The van der Waals surface area contributed by atoms with Crippen molar-refractivity contribution in [3.05, 3.63) is 52.6 Å². The van der Waals surface area contributed by atoms with E-state index in [-0.39, 0.29) is 11.5 Å². The highest BCUT2D eigenvalue weighted by Crippen LogP contribution is 2.33. The van der Waals surface area contributed by atoms with Gasteiger partial charge < -0.3 is 15.0 Å². The van der Waals surface area contributed by atoms with Crippen molar-refractivity contribution in [3.8, 4) is 11.3 Å². The Labute approximate surface area is 165 Å². The number of H-pyrrole nitrogens is 1. The average molecular weight is 392 g/mol. The quantitative estimate of drug-likeness (QED) is 0.545. The number of hydrogen-bond acceptors (Lipinski definition) is 4. The molecule has 1 fully saturated rings. The van der Waals surface area contributed by atoms with Crippen LogP contribution in [-0.2, 0) is 7.05 Å². The van der Waals surface area contributed by atoms with Gasteiger partial charge in [-0.2, -0.15) is 10.2 Å². The maximum Gasteiger partial charge on any atom is 0.407 e. The second-order valence-corrected chi connectivity index (χ2v) is 7.40. The first kappa shape index (κ1) is 17.5. The Balaban J connectivity index is 1.69. The van der Waals surface area contributed by atoms with Crippen LogP contribution in [0.25, 0.3) is 27.8 Å². The molecule has 29 heavy (non-hydrogen) atoms. The molecule has 0 unspecified atom stereocenters. The van der Waals surface area contributed by atoms with Gasteiger partial charge in [-0.05, 0) is 25.0 Å². The van der Waals surface area contributed by atoms with Crippen LogP contribution in [0, 0.1) is 0 Å². The zero-order valence-electron chi connectivity index (χ0n) is 15.9. The van der Waals surface area contributed by atoms with Crippen molar-refractivity contribution in [1.82, 2.24) is 29.3 Å². The van der Waals surface area contributed by atoms with E-state index in [1.165, 1.54) is 4.90 Å². The molecule has 9 nitrogen and oxygen atoms in total. The van der Waals surface area contributed by atoms with Gasteiger partial charge >= 0.3 is 6.09 Å². The minimum absolute atomic E-state index is 0.0739. The minimum atomic E-state index is -0.898. The van der Waals surface area contributed by atoms with Gasteiger partial charge in [0.1, 0.15) is 5.65 Å². The lowest BCUT2D eigenvalue weighted by molar-refractivity contribution is 0.131. The van der Waals surface area contributed by atoms with E-state index in [4.69, 9.17) is 5.10 Å². The van der Waals surface area contributed by atoms with Gasteiger partial charge in [0.2, 0.25) is 0 Å². The number of fused-ring (bicyclic) bond motifs is 3. The number of amides is 1. The molecule has 1 amide bonds. The fraction of sp³-hybridized carbons (Fsp3) is 0.300. The summed E-state index contributed by atoms with van der Waals surface area (Å²) in [6, 6.07) is 9.39. The van der Waals surface area contributed by atoms with Gasteiger partial charge in [0.05, 0.1) is 22.3 Å². The number of aryl methyl sites for hydroxylation is 1. The van der Waals surface area contributed by atoms with Crippen molar-refractivity contribution < 1.29 is 9.90 Å². The number of aromatic nitrogens is 5. The molecule has 0 spiro atoms. The Morgan fingerprint density at radius 1 is 1.24 bits per heavy atom. The highest BCUT2D eigenvalue weighted by Gasteiger charge is 2.26. The van der Waals surface area contributed by atoms with Crippen LogP contribution < -0.4 is 5.56 Å². The van der Waals surface area contributed by atoms with Crippen LogP contribution in [0.2, 0.25) is 0 Å². The molecule has 0 saturated carbocycles. The summed E-state index contributed by atoms with van der Waals surface area (Å²) in [4.78, 5) is 28.1. The van der Waals surface area contributed by atoms with Crippen molar-refractivity contribution >= 4 is 22.6 Å². The van der Waals surface area contributed by atoms with Gasteiger partial charge in [-0.25, -0.2) is 9.31 Å². The molecule has 0 atom stereocenters. The molecule has 4 aromatic rings. The summed E-state index contributed by atoms with van der Waals surface area (Å²) in [5, 5.41) is 19.1. The lowest BCUT2D eigenvalue weighted by Gasteiger charge is -2.30. The Morgan fingerprint density at radius 3 is 2.72 bits per heavy atom. The second-order valence-electron chi connectivity index (χ2n) is 7.40. The second kappa shape index (κ2) is 6.47. The normalized spacial score (nSPS) is 15.4. The van der Waals surface area contributed by atoms with Gasteiger partial charge in [0, 0.05) is 43.9 Å². The number of carboxylic acid groups (broad SMARTS) is 1. The van der Waals surface area contributed by atoms with Gasteiger partial charge in [-0.1, -0.05) is 12.1 Å². The third kappa shape index (κ3) is 2.77. The lowest BCUT2D eigenvalue weighted by Crippen LogP contribution is -2.37. The fourth-order valence-corrected chi connectivity index (χ4v) is 4.30. The fourth-order valence-electron chi connectivity index (χ4n) is 4.30. The van der Waals surface area contributed by atoms with Gasteiger partial charge in [0.25, 0.3) is 5.56 Å². The Morgan fingerprint density at radius 2 is 2.03 bits per heavy atom. The van der Waals surface area contributed by atoms with Gasteiger partial charge in [0.15, 0.2) is 0 Å². The molecule has 1 aliphatic heterocycles. The lowest BCUT2D eigenvalue weighted by atomic mass is 9.93. The van der Waals surface area contributed by atoms with Crippen molar-refractivity contribution in [3.63, 3.8) is 0 Å². The molecular weight excluding hydrogens is 372 g/mol. The first-order valence-corrected chi connectivity index (χ1v) is 9.54. The summed E-state index contributed by atoms with van der Waals surface area (Å²) >= 11 is 0. The van der Waals surface area contributed by atoms with Crippen LogP contribution in [0.3, 0.4) is 0 Å². The molecule has 5 rings (SSSR count). The first-order valence-electron chi connectivity index (χ1n) is 9.54. The average Bonchev–Trinajstić information content (AvgIpc) is 3.30. The van der Waals surface area contributed by atoms with Crippen LogP contribution in [0.1, 0.15) is 24.5 Å². The number of nitrogens with one attached hydrogen (secondary N) is 1. The van der Waals surface area contributed by atoms with E-state index in [2.05, 4.69) is 10.1 Å². The van der Waals surface area contributed by atoms with E-state index in [0.29, 0.717) is 31.6 Å². The molecule has 0 radical (unpaired) electrons. The summed E-state index contributed by atoms with van der Waals surface area (Å²) in [5.74, 6) is 0.0739. The molecule has 9 heteroatoms. The van der Waals surface area contributed by atoms with Crippen molar-refractivity contribution in [2.75, 3.05) is 13.1 Å². The highest BCUT2D eigenvalue weighted by molar-refractivity contribution is 6.03. The summed E-state index contributed by atoms with van der Waals surface area (Å²) in [7, 11) is 1.88. The zero-order valence-corrected chi connectivity index (χ0v) is 15.9. The smallest absolute Gasteiger partial charge is 0.407 e. The summed E-state index contributed by atoms with van der Waals surface area (Å²) < 4.78 is 3.61. The summed E-state index contributed by atoms with van der Waals surface area (Å²) in [6.07, 6.45) is 2.17. The summed E-state index contributed by atoms with van der Waals surface area (Å²) in [6.45, 7) is 0.907. The van der Waals surface area contributed by atoms with E-state index in [1.807, 2.05) is 35.8 Å². The standard InChI is InChI=1S/C20H20N6O3/c1-24-15(5-8-21-24)13-3-2-4-14-18(13)19-22-17(27)11-16(26(19)23-14)12-6-9-25(10-7-12)20(28)29/h2-5,8,11-12H,6-7,9-10H2,1H3,(H,22,27)(H,28,29). The van der Waals surface area contributed by atoms with Crippen LogP contribution in [-0.4, -0.2) is 53.6 Å². The molecule has 4 heterocycles. The van der Waals surface area contributed by atoms with Crippen molar-refractivity contribution in [2.24, 2.45) is 7.05 Å². The first-order chi connectivity index (χ1) is 14.0. The number of rotatable bonds is 2. The molecule has 1 saturated heterocycles. The van der Waals surface area contributed by atoms with Crippen LogP contribution in [0.4, 0.5) is 4.79 Å². The Hall–Kier alpha value is -3.62. The predicted molar refractivity (Wildman–Crippen MR) is 107 cm³/mol. The number of piperidine rings is 1. The largest absolute Gasteiger partial charge is 0.465 e. The van der Waals surface area contributed by atoms with E-state index in [9.17, 15) is 14.7 Å². The maximum absolute atomic E-state index is 12.5. The van der Waals surface area contributed by atoms with Crippen LogP contribution in [0.5, 0.6) is 0 Å². The van der Waals surface area contributed by atoms with E-state index in [0.717, 1.165) is 27.9 Å². The Bertz CT molecular complexity index is 1290. The minimum Gasteiger partial charge on any atom is -0.465 e. The number of hydrogen-bond donors (Lipinski definition) is 2. The monoisotopic (exact) mass is 392 g/mol. The molecule has 0 bridgehead atoms. The predicted octanol–water partition coefficient (Wildman–Crippen LogP) is 2.43. The molecule has 1 aliphatic rings. The van der Waals surface area contributed by atoms with E-state index >= 15 is 0 Å². The third-order valence-electron chi connectivity index (χ3n) is 5.74. The molecule has 3 aromatic heterocycles. The Kier molecular flexibility index (Phi) is 3.90. The number of nitrogens with zero attached hydrogens (tertiary/aromatic N) is 5. The zero-order chi connectivity index (χ0) is 20.1. The SMILES string of the molecule is Cn1nccc1-c1cccc2nn3c(C4CCN(C(=O)O)CC4)cc(=O)[nH]c3c12. The van der Waals surface area contributed by atoms with Crippen molar-refractivity contribution in [1.29, 1.82) is 0 Å². The van der Waals surface area contributed by atoms with Gasteiger partial charge in [-0.15, -0.1) is 0 Å². The van der Waals surface area contributed by atoms with Gasteiger partial charge in [-0.3, -0.25) is 9.48 Å². The molecule has 148 valence electrons. The highest BCUT2D eigenvalue weighted by atomic mass is 16.4. The molecule has 0 aliphatic carbocycles. The van der Waals surface area contributed by atoms with Crippen LogP contribution >= 0.6 is 0 Å². The maximum atomic E-state index is 12.5. The number of likely N-dealkylation sites (tertiary alicyclic amines) is 1. The molecule has 2 N–H and O–H groups in total. The number of aromatic amines is 1. The van der Waals surface area contributed by atoms with E-state index in [1.54, 1.807) is 16.9 Å².